The zero-order valence-corrected chi connectivity index (χ0v) is 9.83. The largest absolute Gasteiger partial charge is 0.478 e. The maximum absolute atomic E-state index is 11.7. The van der Waals surface area contributed by atoms with Crippen LogP contribution in [0.25, 0.3) is 0 Å². The maximum atomic E-state index is 11.7. The van der Waals surface area contributed by atoms with E-state index in [1.807, 2.05) is 4.57 Å². The van der Waals surface area contributed by atoms with Crippen LogP contribution in [0.3, 0.4) is 0 Å². The minimum atomic E-state index is -0.981. The van der Waals surface area contributed by atoms with E-state index in [1.165, 1.54) is 11.0 Å². The van der Waals surface area contributed by atoms with Crippen molar-refractivity contribution < 1.29 is 19.4 Å². The molecule has 0 fully saturated rings. The number of hydrogen-bond donors (Lipinski definition) is 1. The summed E-state index contributed by atoms with van der Waals surface area (Å²) in [6.45, 7) is 4.96. The summed E-state index contributed by atoms with van der Waals surface area (Å²) in [6.07, 6.45) is 2.77. The van der Waals surface area contributed by atoms with Crippen molar-refractivity contribution in [1.82, 2.24) is 9.47 Å². The minimum absolute atomic E-state index is 0.155. The van der Waals surface area contributed by atoms with Gasteiger partial charge < -0.3 is 19.3 Å². The average molecular weight is 250 g/mol. The van der Waals surface area contributed by atoms with Gasteiger partial charge in [0.1, 0.15) is 6.61 Å². The number of amides is 1. The Labute approximate surface area is 104 Å². The lowest BCUT2D eigenvalue weighted by molar-refractivity contribution is 0.0688. The molecule has 0 spiro atoms. The number of ether oxygens (including phenoxy) is 1. The number of aromatic nitrogens is 1. The summed E-state index contributed by atoms with van der Waals surface area (Å²) in [5, 5.41) is 9.03. The molecule has 18 heavy (non-hydrogen) atoms. The summed E-state index contributed by atoms with van der Waals surface area (Å²) >= 11 is 0. The third-order valence-corrected chi connectivity index (χ3v) is 2.84. The summed E-state index contributed by atoms with van der Waals surface area (Å²) in [5.74, 6) is -0.981. The van der Waals surface area contributed by atoms with Gasteiger partial charge in [-0.1, -0.05) is 12.7 Å². The van der Waals surface area contributed by atoms with Crippen LogP contribution in [0.4, 0.5) is 4.79 Å². The van der Waals surface area contributed by atoms with E-state index in [1.54, 1.807) is 12.3 Å². The first-order valence-corrected chi connectivity index (χ1v) is 5.57. The van der Waals surface area contributed by atoms with Gasteiger partial charge in [-0.05, 0) is 6.07 Å². The van der Waals surface area contributed by atoms with E-state index in [4.69, 9.17) is 9.84 Å². The van der Waals surface area contributed by atoms with Gasteiger partial charge in [0, 0.05) is 19.3 Å². The predicted molar refractivity (Wildman–Crippen MR) is 63.3 cm³/mol. The van der Waals surface area contributed by atoms with Crippen molar-refractivity contribution in [2.75, 3.05) is 13.2 Å². The van der Waals surface area contributed by atoms with Crippen molar-refractivity contribution in [3.63, 3.8) is 0 Å². The van der Waals surface area contributed by atoms with Crippen LogP contribution in [0.5, 0.6) is 0 Å². The Morgan fingerprint density at radius 1 is 1.50 bits per heavy atom. The number of carboxylic acid groups (broad SMARTS) is 1. The van der Waals surface area contributed by atoms with Gasteiger partial charge >= 0.3 is 12.1 Å². The second-order valence-electron chi connectivity index (χ2n) is 3.96. The van der Waals surface area contributed by atoms with Crippen LogP contribution in [0.1, 0.15) is 16.1 Å². The van der Waals surface area contributed by atoms with Gasteiger partial charge in [-0.2, -0.15) is 0 Å². The predicted octanol–water partition coefficient (Wildman–Crippen LogP) is 1.32. The van der Waals surface area contributed by atoms with E-state index in [0.29, 0.717) is 18.8 Å². The number of rotatable bonds is 3. The van der Waals surface area contributed by atoms with Gasteiger partial charge in [0.2, 0.25) is 0 Å². The summed E-state index contributed by atoms with van der Waals surface area (Å²) in [4.78, 5) is 24.2. The summed E-state index contributed by atoms with van der Waals surface area (Å²) in [7, 11) is 0. The van der Waals surface area contributed by atoms with Crippen molar-refractivity contribution in [2.24, 2.45) is 0 Å². The highest BCUT2D eigenvalue weighted by molar-refractivity contribution is 5.89. The van der Waals surface area contributed by atoms with Crippen molar-refractivity contribution in [2.45, 2.75) is 13.1 Å². The molecule has 1 aliphatic rings. The number of carboxylic acids is 1. The van der Waals surface area contributed by atoms with Crippen LogP contribution in [-0.4, -0.2) is 39.8 Å². The van der Waals surface area contributed by atoms with E-state index in [2.05, 4.69) is 6.58 Å². The number of carbonyl (C=O) groups excluding carboxylic acids is 1. The zero-order valence-electron chi connectivity index (χ0n) is 9.83. The van der Waals surface area contributed by atoms with Gasteiger partial charge in [-0.3, -0.25) is 0 Å². The van der Waals surface area contributed by atoms with Gasteiger partial charge in [0.15, 0.2) is 0 Å². The molecule has 0 unspecified atom stereocenters. The fraction of sp³-hybridized carbons (Fsp3) is 0.333. The fourth-order valence-corrected chi connectivity index (χ4v) is 1.95. The standard InChI is InChI=1S/C12H14N2O4/c1-2-7-18-12(17)14-6-5-13-4-3-9(11(15)16)10(13)8-14/h2-4H,1,5-8H2,(H,15,16). The molecule has 1 N–H and O–H groups in total. The maximum Gasteiger partial charge on any atom is 0.410 e. The van der Waals surface area contributed by atoms with Crippen LogP contribution < -0.4 is 0 Å². The topological polar surface area (TPSA) is 71.8 Å². The van der Waals surface area contributed by atoms with Crippen LogP contribution in [-0.2, 0) is 17.8 Å². The zero-order chi connectivity index (χ0) is 13.1. The molecule has 6 nitrogen and oxygen atoms in total. The van der Waals surface area contributed by atoms with Crippen LogP contribution >= 0.6 is 0 Å². The first-order chi connectivity index (χ1) is 8.63. The highest BCUT2D eigenvalue weighted by Gasteiger charge is 2.25. The molecule has 1 amide bonds. The van der Waals surface area contributed by atoms with E-state index in [9.17, 15) is 9.59 Å². The van der Waals surface area contributed by atoms with Crippen molar-refractivity contribution in [3.05, 3.63) is 36.2 Å². The SMILES string of the molecule is C=CCOC(=O)N1CCn2ccc(C(=O)O)c2C1. The quantitative estimate of drug-likeness (QED) is 0.821. The van der Waals surface area contributed by atoms with Crippen molar-refractivity contribution in [3.8, 4) is 0 Å². The molecule has 0 bridgehead atoms. The second-order valence-corrected chi connectivity index (χ2v) is 3.96. The van der Waals surface area contributed by atoms with E-state index < -0.39 is 12.1 Å². The lowest BCUT2D eigenvalue weighted by Crippen LogP contribution is -2.38. The van der Waals surface area contributed by atoms with Crippen LogP contribution in [0.15, 0.2) is 24.9 Å². The van der Waals surface area contributed by atoms with Gasteiger partial charge in [0.05, 0.1) is 17.8 Å². The fourth-order valence-electron chi connectivity index (χ4n) is 1.95. The highest BCUT2D eigenvalue weighted by atomic mass is 16.6. The third kappa shape index (κ3) is 2.22. The average Bonchev–Trinajstić information content (AvgIpc) is 2.78. The molecular weight excluding hydrogens is 236 g/mol. The molecule has 0 saturated heterocycles. The van der Waals surface area contributed by atoms with Gasteiger partial charge in [0.25, 0.3) is 0 Å². The second kappa shape index (κ2) is 4.95. The monoisotopic (exact) mass is 250 g/mol. The number of carbonyl (C=O) groups is 2. The molecule has 1 aliphatic heterocycles. The highest BCUT2D eigenvalue weighted by Crippen LogP contribution is 2.19. The summed E-state index contributed by atoms with van der Waals surface area (Å²) < 4.78 is 6.78. The molecule has 6 heteroatoms. The molecule has 96 valence electrons. The molecule has 0 aliphatic carbocycles. The molecule has 2 rings (SSSR count). The Hall–Kier alpha value is -2.24. The molecular formula is C12H14N2O4. The normalized spacial score (nSPS) is 13.9. The summed E-state index contributed by atoms with van der Waals surface area (Å²) in [6, 6.07) is 1.55. The Balaban J connectivity index is 2.13. The Morgan fingerprint density at radius 2 is 2.28 bits per heavy atom. The van der Waals surface area contributed by atoms with Gasteiger partial charge in [-0.25, -0.2) is 9.59 Å². The molecule has 0 saturated carbocycles. The number of nitrogens with zero attached hydrogens (tertiary/aromatic N) is 2. The Kier molecular flexibility index (Phi) is 3.36. The van der Waals surface area contributed by atoms with Crippen LogP contribution in [0, 0.1) is 0 Å². The third-order valence-electron chi connectivity index (χ3n) is 2.84. The van der Waals surface area contributed by atoms with Crippen LogP contribution in [0.2, 0.25) is 0 Å². The molecule has 1 aromatic rings. The minimum Gasteiger partial charge on any atom is -0.478 e. The summed E-state index contributed by atoms with van der Waals surface area (Å²) in [5.41, 5.74) is 0.862. The molecule has 0 atom stereocenters. The van der Waals surface area contributed by atoms with Gasteiger partial charge in [-0.15, -0.1) is 0 Å². The number of fused-ring (bicyclic) bond motifs is 1. The Morgan fingerprint density at radius 3 is 2.94 bits per heavy atom. The van der Waals surface area contributed by atoms with Crippen molar-refractivity contribution >= 4 is 12.1 Å². The van der Waals surface area contributed by atoms with E-state index in [0.717, 1.165) is 0 Å². The Bertz CT molecular complexity index is 492. The lowest BCUT2D eigenvalue weighted by Gasteiger charge is -2.28. The first-order valence-electron chi connectivity index (χ1n) is 5.57. The molecule has 0 aromatic carbocycles. The smallest absolute Gasteiger partial charge is 0.410 e. The molecule has 0 radical (unpaired) electrons. The first kappa shape index (κ1) is 12.2. The van der Waals surface area contributed by atoms with E-state index >= 15 is 0 Å². The van der Waals surface area contributed by atoms with Crippen molar-refractivity contribution in [1.29, 1.82) is 0 Å². The molecule has 2 heterocycles. The molecule has 1 aromatic heterocycles. The number of hydrogen-bond acceptors (Lipinski definition) is 3. The lowest BCUT2D eigenvalue weighted by atomic mass is 10.2. The number of aromatic carboxylic acids is 1. The van der Waals surface area contributed by atoms with E-state index in [-0.39, 0.29) is 18.7 Å².